The van der Waals surface area contributed by atoms with Crippen LogP contribution < -0.4 is 5.73 Å². The van der Waals surface area contributed by atoms with Crippen molar-refractivity contribution in [1.29, 1.82) is 0 Å². The lowest BCUT2D eigenvalue weighted by Gasteiger charge is -2.11. The first-order valence-corrected chi connectivity index (χ1v) is 4.32. The molecule has 0 unspecified atom stereocenters. The summed E-state index contributed by atoms with van der Waals surface area (Å²) >= 11 is 5.65. The molecule has 5 heteroatoms. The Balaban J connectivity index is 3.13. The van der Waals surface area contributed by atoms with Gasteiger partial charge >= 0.3 is 6.18 Å². The van der Waals surface area contributed by atoms with Gasteiger partial charge < -0.3 is 5.73 Å². The molecule has 0 heterocycles. The Morgan fingerprint density at radius 1 is 1.36 bits per heavy atom. The third-order valence-corrected chi connectivity index (χ3v) is 2.15. The summed E-state index contributed by atoms with van der Waals surface area (Å²) in [7, 11) is 0. The zero-order valence-electron chi connectivity index (χ0n) is 7.40. The molecule has 0 saturated carbocycles. The molecule has 0 aliphatic heterocycles. The second-order valence-corrected chi connectivity index (χ2v) is 3.43. The second kappa shape index (κ2) is 3.79. The summed E-state index contributed by atoms with van der Waals surface area (Å²) in [5.74, 6) is 0. The van der Waals surface area contributed by atoms with Gasteiger partial charge in [-0.1, -0.05) is 17.7 Å². The molecule has 0 bridgehead atoms. The van der Waals surface area contributed by atoms with Crippen molar-refractivity contribution in [3.63, 3.8) is 0 Å². The average molecular weight is 224 g/mol. The quantitative estimate of drug-likeness (QED) is 0.776. The molecule has 0 amide bonds. The first-order chi connectivity index (χ1) is 6.32. The lowest BCUT2D eigenvalue weighted by atomic mass is 10.1. The van der Waals surface area contributed by atoms with Gasteiger partial charge in [0.1, 0.15) is 0 Å². The number of benzene rings is 1. The van der Waals surface area contributed by atoms with E-state index >= 15 is 0 Å². The monoisotopic (exact) mass is 223 g/mol. The number of rotatable bonds is 1. The lowest BCUT2D eigenvalue weighted by Crippen LogP contribution is -2.09. The van der Waals surface area contributed by atoms with Crippen molar-refractivity contribution in [2.24, 2.45) is 5.73 Å². The Morgan fingerprint density at radius 2 is 1.93 bits per heavy atom. The fraction of sp³-hybridized carbons (Fsp3) is 0.333. The third kappa shape index (κ3) is 2.39. The Hall–Kier alpha value is -0.740. The van der Waals surface area contributed by atoms with Gasteiger partial charge in [0.25, 0.3) is 0 Å². The van der Waals surface area contributed by atoms with Gasteiger partial charge in [0.05, 0.1) is 5.56 Å². The van der Waals surface area contributed by atoms with Crippen LogP contribution >= 0.6 is 11.6 Å². The maximum Gasteiger partial charge on any atom is 0.416 e. The number of halogens is 4. The minimum Gasteiger partial charge on any atom is -0.324 e. The van der Waals surface area contributed by atoms with Crippen LogP contribution in [0.2, 0.25) is 5.02 Å². The highest BCUT2D eigenvalue weighted by Gasteiger charge is 2.30. The van der Waals surface area contributed by atoms with E-state index in [1.165, 1.54) is 6.07 Å². The smallest absolute Gasteiger partial charge is 0.324 e. The standard InChI is InChI=1S/C9H9ClF3N/c1-5(14)7-3-2-6(4-8(7)10)9(11,12)13/h2-5H,14H2,1H3/t5-/m0/s1. The predicted octanol–water partition coefficient (Wildman–Crippen LogP) is 3.38. The molecule has 0 aliphatic rings. The molecule has 14 heavy (non-hydrogen) atoms. The number of nitrogens with two attached hydrogens (primary N) is 1. The summed E-state index contributed by atoms with van der Waals surface area (Å²) in [6.45, 7) is 1.66. The summed E-state index contributed by atoms with van der Waals surface area (Å²) in [6, 6.07) is 2.80. The second-order valence-electron chi connectivity index (χ2n) is 3.02. The van der Waals surface area contributed by atoms with E-state index in [1.807, 2.05) is 0 Å². The van der Waals surface area contributed by atoms with Crippen LogP contribution in [0, 0.1) is 0 Å². The molecule has 0 aliphatic carbocycles. The largest absolute Gasteiger partial charge is 0.416 e. The molecule has 1 aromatic rings. The Kier molecular flexibility index (Phi) is 3.07. The Bertz CT molecular complexity index is 333. The zero-order valence-corrected chi connectivity index (χ0v) is 8.15. The van der Waals surface area contributed by atoms with E-state index in [-0.39, 0.29) is 11.1 Å². The fourth-order valence-corrected chi connectivity index (χ4v) is 1.43. The number of hydrogen-bond acceptors (Lipinski definition) is 1. The molecule has 0 radical (unpaired) electrons. The molecule has 78 valence electrons. The highest BCUT2D eigenvalue weighted by Crippen LogP contribution is 2.33. The van der Waals surface area contributed by atoms with E-state index in [2.05, 4.69) is 0 Å². The van der Waals surface area contributed by atoms with Crippen molar-refractivity contribution in [2.45, 2.75) is 19.1 Å². The zero-order chi connectivity index (χ0) is 10.9. The predicted molar refractivity (Wildman–Crippen MR) is 49.1 cm³/mol. The molecule has 0 saturated heterocycles. The van der Waals surface area contributed by atoms with Gasteiger partial charge in [-0.25, -0.2) is 0 Å². The molecule has 0 aromatic heterocycles. The van der Waals surface area contributed by atoms with Gasteiger partial charge in [-0.15, -0.1) is 0 Å². The topological polar surface area (TPSA) is 26.0 Å². The first-order valence-electron chi connectivity index (χ1n) is 3.94. The van der Waals surface area contributed by atoms with Gasteiger partial charge in [-0.2, -0.15) is 13.2 Å². The minimum atomic E-state index is -4.36. The van der Waals surface area contributed by atoms with Crippen LogP contribution in [-0.4, -0.2) is 0 Å². The van der Waals surface area contributed by atoms with Crippen molar-refractivity contribution in [3.8, 4) is 0 Å². The van der Waals surface area contributed by atoms with Crippen molar-refractivity contribution >= 4 is 11.6 Å². The van der Waals surface area contributed by atoms with E-state index in [4.69, 9.17) is 17.3 Å². The van der Waals surface area contributed by atoms with E-state index in [9.17, 15) is 13.2 Å². The Labute approximate surface area is 84.7 Å². The average Bonchev–Trinajstić information content (AvgIpc) is 2.01. The van der Waals surface area contributed by atoms with Crippen LogP contribution in [0.15, 0.2) is 18.2 Å². The molecular weight excluding hydrogens is 215 g/mol. The van der Waals surface area contributed by atoms with E-state index in [1.54, 1.807) is 6.92 Å². The molecule has 1 aromatic carbocycles. The van der Waals surface area contributed by atoms with Crippen molar-refractivity contribution in [3.05, 3.63) is 34.3 Å². The lowest BCUT2D eigenvalue weighted by molar-refractivity contribution is -0.137. The summed E-state index contributed by atoms with van der Waals surface area (Å²) < 4.78 is 36.6. The molecule has 0 fully saturated rings. The van der Waals surface area contributed by atoms with Crippen molar-refractivity contribution < 1.29 is 13.2 Å². The third-order valence-electron chi connectivity index (χ3n) is 1.82. The van der Waals surface area contributed by atoms with Gasteiger partial charge in [0.2, 0.25) is 0 Å². The van der Waals surface area contributed by atoms with Crippen LogP contribution in [0.1, 0.15) is 24.1 Å². The summed E-state index contributed by atoms with van der Waals surface area (Å²) in [5, 5.41) is 0.0508. The van der Waals surface area contributed by atoms with E-state index < -0.39 is 11.7 Å². The van der Waals surface area contributed by atoms with Crippen molar-refractivity contribution in [2.75, 3.05) is 0 Å². The Morgan fingerprint density at radius 3 is 2.29 bits per heavy atom. The molecule has 0 spiro atoms. The molecule has 1 atom stereocenters. The number of hydrogen-bond donors (Lipinski definition) is 1. The molecular formula is C9H9ClF3N. The van der Waals surface area contributed by atoms with Gasteiger partial charge in [0.15, 0.2) is 0 Å². The first kappa shape index (κ1) is 11.3. The normalized spacial score (nSPS) is 14.1. The maximum absolute atomic E-state index is 12.2. The van der Waals surface area contributed by atoms with E-state index in [0.717, 1.165) is 12.1 Å². The van der Waals surface area contributed by atoms with Gasteiger partial charge in [0, 0.05) is 11.1 Å². The van der Waals surface area contributed by atoms with Crippen LogP contribution in [0.25, 0.3) is 0 Å². The molecule has 1 rings (SSSR count). The fourth-order valence-electron chi connectivity index (χ4n) is 1.07. The van der Waals surface area contributed by atoms with Gasteiger partial charge in [-0.05, 0) is 24.6 Å². The summed E-state index contributed by atoms with van der Waals surface area (Å²) in [6.07, 6.45) is -4.36. The minimum absolute atomic E-state index is 0.0508. The highest BCUT2D eigenvalue weighted by molar-refractivity contribution is 6.31. The summed E-state index contributed by atoms with van der Waals surface area (Å²) in [5.41, 5.74) is 5.26. The number of alkyl halides is 3. The highest BCUT2D eigenvalue weighted by atomic mass is 35.5. The van der Waals surface area contributed by atoms with Gasteiger partial charge in [-0.3, -0.25) is 0 Å². The van der Waals surface area contributed by atoms with Crippen LogP contribution in [0.4, 0.5) is 13.2 Å². The van der Waals surface area contributed by atoms with Crippen molar-refractivity contribution in [1.82, 2.24) is 0 Å². The van der Waals surface area contributed by atoms with E-state index in [0.29, 0.717) is 5.56 Å². The van der Waals surface area contributed by atoms with Crippen LogP contribution in [0.5, 0.6) is 0 Å². The SMILES string of the molecule is C[C@H](N)c1ccc(C(F)(F)F)cc1Cl. The van der Waals surface area contributed by atoms with Crippen LogP contribution in [-0.2, 0) is 6.18 Å². The summed E-state index contributed by atoms with van der Waals surface area (Å²) in [4.78, 5) is 0. The molecule has 2 N–H and O–H groups in total. The molecule has 1 nitrogen and oxygen atoms in total. The maximum atomic E-state index is 12.2. The van der Waals surface area contributed by atoms with Crippen LogP contribution in [0.3, 0.4) is 0 Å².